The molecule has 3 heterocycles. The summed E-state index contributed by atoms with van der Waals surface area (Å²) >= 11 is 3.51. The smallest absolute Gasteiger partial charge is 0.131 e. The SMILES string of the molecule is Cc1cc(CBr)cnc1N1CCC(N2CCCCC2)CC1. The van der Waals surface area contributed by atoms with Crippen LogP contribution in [0.25, 0.3) is 0 Å². The first-order chi connectivity index (χ1) is 10.3. The van der Waals surface area contributed by atoms with Gasteiger partial charge in [-0.05, 0) is 56.8 Å². The predicted octanol–water partition coefficient (Wildman–Crippen LogP) is 3.74. The summed E-state index contributed by atoms with van der Waals surface area (Å²) in [4.78, 5) is 9.90. The third-order valence-corrected chi connectivity index (χ3v) is 5.58. The Hall–Kier alpha value is -0.610. The molecule has 2 saturated heterocycles. The van der Waals surface area contributed by atoms with Gasteiger partial charge in [0.2, 0.25) is 0 Å². The van der Waals surface area contributed by atoms with Gasteiger partial charge in [0.05, 0.1) is 0 Å². The van der Waals surface area contributed by atoms with Gasteiger partial charge in [-0.25, -0.2) is 4.98 Å². The molecule has 0 bridgehead atoms. The lowest BCUT2D eigenvalue weighted by Gasteiger charge is -2.40. The molecule has 1 aromatic heterocycles. The quantitative estimate of drug-likeness (QED) is 0.773. The number of pyridine rings is 1. The molecule has 0 aliphatic carbocycles. The molecule has 0 atom stereocenters. The van der Waals surface area contributed by atoms with E-state index in [1.54, 1.807) is 0 Å². The van der Waals surface area contributed by atoms with Crippen LogP contribution in [-0.4, -0.2) is 42.1 Å². The number of piperidine rings is 2. The highest BCUT2D eigenvalue weighted by atomic mass is 79.9. The average molecular weight is 352 g/mol. The fourth-order valence-corrected chi connectivity index (χ4v) is 4.06. The van der Waals surface area contributed by atoms with Crippen LogP contribution in [0.2, 0.25) is 0 Å². The van der Waals surface area contributed by atoms with E-state index < -0.39 is 0 Å². The molecule has 2 aliphatic heterocycles. The molecular formula is C17H26BrN3. The number of hydrogen-bond acceptors (Lipinski definition) is 3. The molecule has 116 valence electrons. The summed E-state index contributed by atoms with van der Waals surface area (Å²) in [7, 11) is 0. The molecule has 2 aliphatic rings. The van der Waals surface area contributed by atoms with Gasteiger partial charge in [0.25, 0.3) is 0 Å². The lowest BCUT2D eigenvalue weighted by Crippen LogP contribution is -2.47. The van der Waals surface area contributed by atoms with Gasteiger partial charge in [0.1, 0.15) is 5.82 Å². The summed E-state index contributed by atoms with van der Waals surface area (Å²) in [6.07, 6.45) is 8.82. The van der Waals surface area contributed by atoms with E-state index >= 15 is 0 Å². The van der Waals surface area contributed by atoms with Crippen LogP contribution in [-0.2, 0) is 5.33 Å². The number of likely N-dealkylation sites (tertiary alicyclic amines) is 1. The van der Waals surface area contributed by atoms with Gasteiger partial charge in [-0.15, -0.1) is 0 Å². The number of nitrogens with zero attached hydrogens (tertiary/aromatic N) is 3. The van der Waals surface area contributed by atoms with Gasteiger partial charge in [-0.2, -0.15) is 0 Å². The third-order valence-electron chi connectivity index (χ3n) is 4.93. The minimum Gasteiger partial charge on any atom is -0.356 e. The molecule has 1 aromatic rings. The molecule has 0 amide bonds. The van der Waals surface area contributed by atoms with Crippen molar-refractivity contribution in [1.29, 1.82) is 0 Å². The summed E-state index contributed by atoms with van der Waals surface area (Å²) in [6, 6.07) is 3.07. The normalized spacial score (nSPS) is 21.7. The highest BCUT2D eigenvalue weighted by Crippen LogP contribution is 2.26. The Bertz CT molecular complexity index is 463. The van der Waals surface area contributed by atoms with Crippen molar-refractivity contribution in [2.75, 3.05) is 31.1 Å². The van der Waals surface area contributed by atoms with E-state index in [1.807, 2.05) is 6.20 Å². The number of rotatable bonds is 3. The highest BCUT2D eigenvalue weighted by Gasteiger charge is 2.26. The van der Waals surface area contributed by atoms with E-state index in [2.05, 4.69) is 38.7 Å². The standard InChI is InChI=1S/C17H26BrN3/c1-14-11-15(12-18)13-19-17(14)21-9-5-16(6-10-21)20-7-3-2-4-8-20/h11,13,16H,2-10,12H2,1H3. The Labute approximate surface area is 136 Å². The minimum atomic E-state index is 0.809. The summed E-state index contributed by atoms with van der Waals surface area (Å²) in [5.74, 6) is 1.19. The molecule has 2 fully saturated rings. The van der Waals surface area contributed by atoms with E-state index in [-0.39, 0.29) is 0 Å². The fourth-order valence-electron chi connectivity index (χ4n) is 3.76. The Morgan fingerprint density at radius 1 is 1.14 bits per heavy atom. The van der Waals surface area contributed by atoms with Crippen molar-refractivity contribution in [3.63, 3.8) is 0 Å². The number of halogens is 1. The minimum absolute atomic E-state index is 0.809. The molecule has 4 heteroatoms. The van der Waals surface area contributed by atoms with E-state index in [9.17, 15) is 0 Å². The third kappa shape index (κ3) is 3.59. The Balaban J connectivity index is 1.60. The first-order valence-electron chi connectivity index (χ1n) is 8.28. The molecule has 0 N–H and O–H groups in total. The second kappa shape index (κ2) is 7.10. The summed E-state index contributed by atoms with van der Waals surface area (Å²) in [6.45, 7) is 7.14. The highest BCUT2D eigenvalue weighted by molar-refractivity contribution is 9.08. The first-order valence-corrected chi connectivity index (χ1v) is 9.40. The zero-order chi connectivity index (χ0) is 14.7. The number of aryl methyl sites for hydroxylation is 1. The molecule has 0 saturated carbocycles. The zero-order valence-electron chi connectivity index (χ0n) is 13.0. The summed E-state index contributed by atoms with van der Waals surface area (Å²) in [5.41, 5.74) is 2.57. The zero-order valence-corrected chi connectivity index (χ0v) is 14.6. The number of hydrogen-bond donors (Lipinski definition) is 0. The first kappa shape index (κ1) is 15.3. The van der Waals surface area contributed by atoms with Crippen LogP contribution in [0.1, 0.15) is 43.2 Å². The molecule has 21 heavy (non-hydrogen) atoms. The van der Waals surface area contributed by atoms with Crippen LogP contribution in [0.3, 0.4) is 0 Å². The van der Waals surface area contributed by atoms with Crippen molar-refractivity contribution in [1.82, 2.24) is 9.88 Å². The second-order valence-corrected chi connectivity index (χ2v) is 6.99. The van der Waals surface area contributed by atoms with E-state index in [1.165, 1.54) is 62.1 Å². The van der Waals surface area contributed by atoms with Gasteiger partial charge in [-0.3, -0.25) is 0 Å². The molecule has 3 rings (SSSR count). The fraction of sp³-hybridized carbons (Fsp3) is 0.706. The van der Waals surface area contributed by atoms with Crippen molar-refractivity contribution < 1.29 is 0 Å². The number of alkyl halides is 1. The maximum Gasteiger partial charge on any atom is 0.131 e. The molecule has 3 nitrogen and oxygen atoms in total. The lowest BCUT2D eigenvalue weighted by atomic mass is 9.99. The van der Waals surface area contributed by atoms with E-state index in [0.29, 0.717) is 0 Å². The maximum atomic E-state index is 4.69. The monoisotopic (exact) mass is 351 g/mol. The van der Waals surface area contributed by atoms with Gasteiger partial charge < -0.3 is 9.80 Å². The second-order valence-electron chi connectivity index (χ2n) is 6.43. The van der Waals surface area contributed by atoms with Gasteiger partial charge in [-0.1, -0.05) is 28.4 Å². The van der Waals surface area contributed by atoms with Gasteiger partial charge in [0.15, 0.2) is 0 Å². The summed E-state index contributed by atoms with van der Waals surface area (Å²) < 4.78 is 0. The van der Waals surface area contributed by atoms with Crippen LogP contribution in [0.4, 0.5) is 5.82 Å². The molecule has 0 radical (unpaired) electrons. The van der Waals surface area contributed by atoms with Crippen LogP contribution >= 0.6 is 15.9 Å². The van der Waals surface area contributed by atoms with Crippen LogP contribution in [0, 0.1) is 6.92 Å². The molecule has 0 unspecified atom stereocenters. The molecule has 0 spiro atoms. The topological polar surface area (TPSA) is 19.4 Å². The summed E-state index contributed by atoms with van der Waals surface area (Å²) in [5, 5.41) is 0.887. The van der Waals surface area contributed by atoms with Gasteiger partial charge >= 0.3 is 0 Å². The van der Waals surface area contributed by atoms with Crippen LogP contribution in [0.5, 0.6) is 0 Å². The largest absolute Gasteiger partial charge is 0.356 e. The van der Waals surface area contributed by atoms with Crippen molar-refractivity contribution in [3.8, 4) is 0 Å². The van der Waals surface area contributed by atoms with Crippen molar-refractivity contribution in [2.45, 2.75) is 50.4 Å². The maximum absolute atomic E-state index is 4.69. The van der Waals surface area contributed by atoms with E-state index in [0.717, 1.165) is 24.5 Å². The van der Waals surface area contributed by atoms with Crippen molar-refractivity contribution in [3.05, 3.63) is 23.4 Å². The Kier molecular flexibility index (Phi) is 5.17. The molecular weight excluding hydrogens is 326 g/mol. The predicted molar refractivity (Wildman–Crippen MR) is 92.3 cm³/mol. The Morgan fingerprint density at radius 2 is 1.86 bits per heavy atom. The molecule has 0 aromatic carbocycles. The lowest BCUT2D eigenvalue weighted by molar-refractivity contribution is 0.141. The van der Waals surface area contributed by atoms with E-state index in [4.69, 9.17) is 4.98 Å². The van der Waals surface area contributed by atoms with Crippen LogP contribution in [0.15, 0.2) is 12.3 Å². The van der Waals surface area contributed by atoms with Crippen molar-refractivity contribution >= 4 is 21.7 Å². The van der Waals surface area contributed by atoms with Crippen molar-refractivity contribution in [2.24, 2.45) is 0 Å². The average Bonchev–Trinajstić information content (AvgIpc) is 2.56. The van der Waals surface area contributed by atoms with Gasteiger partial charge in [0, 0.05) is 30.7 Å². The Morgan fingerprint density at radius 3 is 2.48 bits per heavy atom. The number of aromatic nitrogens is 1. The number of anilines is 1. The van der Waals surface area contributed by atoms with Crippen LogP contribution < -0.4 is 4.90 Å².